The third-order valence-corrected chi connectivity index (χ3v) is 2.88. The van der Waals surface area contributed by atoms with Crippen molar-refractivity contribution in [2.75, 3.05) is 31.3 Å². The van der Waals surface area contributed by atoms with Gasteiger partial charge in [0.15, 0.2) is 5.84 Å². The van der Waals surface area contributed by atoms with Crippen LogP contribution in [0.1, 0.15) is 5.56 Å². The summed E-state index contributed by atoms with van der Waals surface area (Å²) in [5.74, 6) is 0.594. The average Bonchev–Trinajstić information content (AvgIpc) is 2.46. The molecule has 1 aromatic rings. The van der Waals surface area contributed by atoms with Crippen molar-refractivity contribution in [2.24, 2.45) is 10.9 Å². The molecule has 0 bridgehead atoms. The van der Waals surface area contributed by atoms with Crippen molar-refractivity contribution in [2.45, 2.75) is 6.04 Å². The van der Waals surface area contributed by atoms with Gasteiger partial charge < -0.3 is 25.7 Å². The van der Waals surface area contributed by atoms with Gasteiger partial charge >= 0.3 is 0 Å². The zero-order valence-corrected chi connectivity index (χ0v) is 9.86. The number of hydrogen-bond acceptors (Lipinski definition) is 6. The predicted molar refractivity (Wildman–Crippen MR) is 65.8 cm³/mol. The second-order valence-corrected chi connectivity index (χ2v) is 3.96. The maximum absolute atomic E-state index is 9.35. The van der Waals surface area contributed by atoms with E-state index >= 15 is 0 Å². The molecule has 98 valence electrons. The molecular formula is C11H16N4O3. The number of nitrogens with two attached hydrogens (primary N) is 1. The van der Waals surface area contributed by atoms with Gasteiger partial charge in [-0.15, -0.1) is 0 Å². The molecule has 2 rings (SSSR count). The van der Waals surface area contributed by atoms with Crippen molar-refractivity contribution in [3.63, 3.8) is 0 Å². The minimum Gasteiger partial charge on any atom is -0.409 e. The molecule has 1 unspecified atom stereocenters. The van der Waals surface area contributed by atoms with Crippen molar-refractivity contribution in [1.82, 2.24) is 4.98 Å². The molecule has 0 aliphatic carbocycles. The number of oxime groups is 1. The van der Waals surface area contributed by atoms with E-state index in [-0.39, 0.29) is 18.5 Å². The van der Waals surface area contributed by atoms with E-state index in [0.717, 1.165) is 0 Å². The van der Waals surface area contributed by atoms with Crippen LogP contribution >= 0.6 is 0 Å². The van der Waals surface area contributed by atoms with E-state index in [0.29, 0.717) is 31.1 Å². The number of morpholine rings is 1. The number of hydrogen-bond donors (Lipinski definition) is 3. The van der Waals surface area contributed by atoms with Gasteiger partial charge in [0.05, 0.1) is 31.4 Å². The lowest BCUT2D eigenvalue weighted by atomic mass is 10.1. The third-order valence-electron chi connectivity index (χ3n) is 2.88. The zero-order valence-electron chi connectivity index (χ0n) is 9.86. The summed E-state index contributed by atoms with van der Waals surface area (Å²) in [5, 5.41) is 21.1. The van der Waals surface area contributed by atoms with Gasteiger partial charge in [0, 0.05) is 12.7 Å². The van der Waals surface area contributed by atoms with E-state index in [1.54, 1.807) is 18.3 Å². The van der Waals surface area contributed by atoms with Gasteiger partial charge in [-0.25, -0.2) is 4.98 Å². The summed E-state index contributed by atoms with van der Waals surface area (Å²) in [6, 6.07) is 3.27. The van der Waals surface area contributed by atoms with E-state index in [2.05, 4.69) is 10.1 Å². The molecule has 1 aliphatic rings. The van der Waals surface area contributed by atoms with Gasteiger partial charge in [0.25, 0.3) is 0 Å². The molecule has 4 N–H and O–H groups in total. The predicted octanol–water partition coefficient (Wildman–Crippen LogP) is -0.626. The smallest absolute Gasteiger partial charge is 0.173 e. The molecule has 0 spiro atoms. The average molecular weight is 252 g/mol. The maximum Gasteiger partial charge on any atom is 0.173 e. The van der Waals surface area contributed by atoms with Gasteiger partial charge in [0.2, 0.25) is 0 Å². The minimum absolute atomic E-state index is 0.00119. The van der Waals surface area contributed by atoms with Crippen LogP contribution in [-0.4, -0.2) is 53.5 Å². The number of ether oxygens (including phenoxy) is 1. The number of pyridine rings is 1. The van der Waals surface area contributed by atoms with Crippen molar-refractivity contribution in [1.29, 1.82) is 0 Å². The lowest BCUT2D eigenvalue weighted by Gasteiger charge is -2.36. The van der Waals surface area contributed by atoms with Crippen LogP contribution < -0.4 is 10.6 Å². The van der Waals surface area contributed by atoms with Crippen LogP contribution in [0.2, 0.25) is 0 Å². The first-order valence-corrected chi connectivity index (χ1v) is 5.66. The maximum atomic E-state index is 9.35. The Kier molecular flexibility index (Phi) is 3.96. The fourth-order valence-electron chi connectivity index (χ4n) is 1.96. The highest BCUT2D eigenvalue weighted by Gasteiger charge is 2.26. The number of nitrogens with zero attached hydrogens (tertiary/aromatic N) is 3. The van der Waals surface area contributed by atoms with E-state index in [1.807, 2.05) is 4.90 Å². The van der Waals surface area contributed by atoms with E-state index in [4.69, 9.17) is 15.7 Å². The van der Waals surface area contributed by atoms with Crippen molar-refractivity contribution < 1.29 is 15.1 Å². The first kappa shape index (κ1) is 12.6. The summed E-state index contributed by atoms with van der Waals surface area (Å²) in [6.45, 7) is 1.56. The normalized spacial score (nSPS) is 21.1. The quantitative estimate of drug-likeness (QED) is 0.286. The Hall–Kier alpha value is -1.86. The molecule has 1 fully saturated rings. The molecule has 1 aliphatic heterocycles. The lowest BCUT2D eigenvalue weighted by molar-refractivity contribution is 0.0722. The standard InChI is InChI=1S/C11H16N4O3/c12-10(14-17)9-2-1-3-13-11(9)15-4-5-18-7-8(15)6-16/h1-3,8,16-17H,4-7H2,(H2,12,14). The molecular weight excluding hydrogens is 236 g/mol. The first-order valence-electron chi connectivity index (χ1n) is 5.66. The Morgan fingerprint density at radius 1 is 1.67 bits per heavy atom. The van der Waals surface area contributed by atoms with Crippen LogP contribution in [0.15, 0.2) is 23.5 Å². The van der Waals surface area contributed by atoms with Crippen LogP contribution in [-0.2, 0) is 4.74 Å². The van der Waals surface area contributed by atoms with Crippen LogP contribution in [0.25, 0.3) is 0 Å². The van der Waals surface area contributed by atoms with E-state index in [9.17, 15) is 5.11 Å². The molecule has 1 aromatic heterocycles. The Morgan fingerprint density at radius 2 is 2.50 bits per heavy atom. The second kappa shape index (κ2) is 5.65. The number of aliphatic hydroxyl groups is 1. The van der Waals surface area contributed by atoms with Crippen molar-refractivity contribution in [3.05, 3.63) is 23.9 Å². The van der Waals surface area contributed by atoms with Gasteiger partial charge in [0.1, 0.15) is 5.82 Å². The lowest BCUT2D eigenvalue weighted by Crippen LogP contribution is -2.48. The molecule has 18 heavy (non-hydrogen) atoms. The minimum atomic E-state index is -0.168. The zero-order chi connectivity index (χ0) is 13.0. The molecule has 0 saturated carbocycles. The Labute approximate surface area is 104 Å². The van der Waals surface area contributed by atoms with Gasteiger partial charge in [-0.1, -0.05) is 5.16 Å². The van der Waals surface area contributed by atoms with E-state index in [1.165, 1.54) is 0 Å². The molecule has 0 amide bonds. The number of rotatable bonds is 3. The summed E-state index contributed by atoms with van der Waals surface area (Å²) in [7, 11) is 0. The van der Waals surface area contributed by atoms with Gasteiger partial charge in [-0.2, -0.15) is 0 Å². The highest BCUT2D eigenvalue weighted by atomic mass is 16.5. The molecule has 1 atom stereocenters. The number of aromatic nitrogens is 1. The Bertz CT molecular complexity index is 438. The summed E-state index contributed by atoms with van der Waals surface area (Å²) >= 11 is 0. The molecule has 1 saturated heterocycles. The van der Waals surface area contributed by atoms with Crippen LogP contribution in [0.4, 0.5) is 5.82 Å². The molecule has 2 heterocycles. The second-order valence-electron chi connectivity index (χ2n) is 3.96. The largest absolute Gasteiger partial charge is 0.409 e. The van der Waals surface area contributed by atoms with Crippen LogP contribution in [0.3, 0.4) is 0 Å². The molecule has 7 heteroatoms. The highest BCUT2D eigenvalue weighted by molar-refractivity contribution is 6.01. The summed E-state index contributed by atoms with van der Waals surface area (Å²) < 4.78 is 5.31. The number of anilines is 1. The molecule has 0 radical (unpaired) electrons. The number of amidine groups is 1. The van der Waals surface area contributed by atoms with Gasteiger partial charge in [-0.3, -0.25) is 0 Å². The fraction of sp³-hybridized carbons (Fsp3) is 0.455. The summed E-state index contributed by atoms with van der Waals surface area (Å²) in [6.07, 6.45) is 1.63. The van der Waals surface area contributed by atoms with Gasteiger partial charge in [-0.05, 0) is 12.1 Å². The molecule has 0 aromatic carbocycles. The Balaban J connectivity index is 2.37. The number of aliphatic hydroxyl groups excluding tert-OH is 1. The van der Waals surface area contributed by atoms with Crippen molar-refractivity contribution >= 4 is 11.7 Å². The highest BCUT2D eigenvalue weighted by Crippen LogP contribution is 2.21. The van der Waals surface area contributed by atoms with Crippen LogP contribution in [0.5, 0.6) is 0 Å². The Morgan fingerprint density at radius 3 is 3.22 bits per heavy atom. The van der Waals surface area contributed by atoms with Crippen molar-refractivity contribution in [3.8, 4) is 0 Å². The SMILES string of the molecule is N/C(=N/O)c1cccnc1N1CCOCC1CO. The monoisotopic (exact) mass is 252 g/mol. The fourth-order valence-corrected chi connectivity index (χ4v) is 1.96. The molecule has 7 nitrogen and oxygen atoms in total. The first-order chi connectivity index (χ1) is 8.77. The van der Waals surface area contributed by atoms with E-state index < -0.39 is 0 Å². The summed E-state index contributed by atoms with van der Waals surface area (Å²) in [4.78, 5) is 6.17. The third kappa shape index (κ3) is 2.36. The van der Waals surface area contributed by atoms with Crippen LogP contribution in [0, 0.1) is 0 Å². The topological polar surface area (TPSA) is 104 Å². The summed E-state index contributed by atoms with van der Waals surface area (Å²) in [5.41, 5.74) is 6.17.